The third kappa shape index (κ3) is 5.34. The van der Waals surface area contributed by atoms with Crippen LogP contribution in [-0.4, -0.2) is 12.6 Å². The quantitative estimate of drug-likeness (QED) is 0.496. The molecule has 1 aliphatic carbocycles. The molecule has 1 heteroatoms. The Labute approximate surface area is 102 Å². The molecule has 0 saturated heterocycles. The van der Waals surface area contributed by atoms with Gasteiger partial charge in [-0.1, -0.05) is 52.4 Å². The van der Waals surface area contributed by atoms with Crippen LogP contribution in [0, 0.1) is 5.92 Å². The van der Waals surface area contributed by atoms with Crippen LogP contribution < -0.4 is 5.32 Å². The number of unbranched alkanes of at least 4 members (excludes halogenated alkanes) is 2. The maximum atomic E-state index is 3.79. The van der Waals surface area contributed by atoms with Crippen LogP contribution in [0.5, 0.6) is 0 Å². The number of hydrogen-bond acceptors (Lipinski definition) is 1. The topological polar surface area (TPSA) is 12.0 Å². The van der Waals surface area contributed by atoms with Crippen molar-refractivity contribution in [2.24, 2.45) is 5.92 Å². The zero-order valence-electron chi connectivity index (χ0n) is 11.4. The van der Waals surface area contributed by atoms with Gasteiger partial charge in [-0.15, -0.1) is 0 Å². The zero-order chi connectivity index (χ0) is 11.6. The summed E-state index contributed by atoms with van der Waals surface area (Å²) in [4.78, 5) is 0. The predicted octanol–water partition coefficient (Wildman–Crippen LogP) is 4.52. The molecule has 1 saturated carbocycles. The fourth-order valence-corrected chi connectivity index (χ4v) is 2.98. The van der Waals surface area contributed by atoms with E-state index in [9.17, 15) is 0 Å². The summed E-state index contributed by atoms with van der Waals surface area (Å²) < 4.78 is 0. The maximum absolute atomic E-state index is 3.79. The summed E-state index contributed by atoms with van der Waals surface area (Å²) >= 11 is 0. The lowest BCUT2D eigenvalue weighted by molar-refractivity contribution is 0.308. The van der Waals surface area contributed by atoms with Gasteiger partial charge < -0.3 is 5.32 Å². The van der Waals surface area contributed by atoms with Gasteiger partial charge in [0.2, 0.25) is 0 Å². The molecule has 1 N–H and O–H groups in total. The molecule has 0 radical (unpaired) electrons. The molecule has 0 heterocycles. The molecule has 16 heavy (non-hydrogen) atoms. The Balaban J connectivity index is 2.32. The van der Waals surface area contributed by atoms with Gasteiger partial charge in [0.05, 0.1) is 0 Å². The lowest BCUT2D eigenvalue weighted by atomic mass is 9.89. The summed E-state index contributed by atoms with van der Waals surface area (Å²) in [5.41, 5.74) is 0. The van der Waals surface area contributed by atoms with Gasteiger partial charge in [0.15, 0.2) is 0 Å². The lowest BCUT2D eigenvalue weighted by Gasteiger charge is -2.26. The molecule has 1 rings (SSSR count). The molecule has 0 aromatic heterocycles. The van der Waals surface area contributed by atoms with Crippen molar-refractivity contribution in [3.8, 4) is 0 Å². The SMILES string of the molecule is CCCCCC1CCCCCC1NCCC. The molecule has 1 aliphatic rings. The molecule has 0 aromatic carbocycles. The maximum Gasteiger partial charge on any atom is 0.00953 e. The molecule has 0 spiro atoms. The molecule has 0 bridgehead atoms. The third-order valence-corrected chi connectivity index (χ3v) is 3.99. The minimum atomic E-state index is 0.833. The van der Waals surface area contributed by atoms with Crippen molar-refractivity contribution < 1.29 is 0 Å². The van der Waals surface area contributed by atoms with Crippen molar-refractivity contribution in [1.29, 1.82) is 0 Å². The smallest absolute Gasteiger partial charge is 0.00953 e. The van der Waals surface area contributed by atoms with Crippen molar-refractivity contribution in [2.45, 2.75) is 84.1 Å². The summed E-state index contributed by atoms with van der Waals surface area (Å²) in [6.45, 7) is 5.80. The standard InChI is InChI=1S/C15H31N/c1-3-5-7-10-14-11-8-6-9-12-15(14)16-13-4-2/h14-16H,3-13H2,1-2H3. The zero-order valence-corrected chi connectivity index (χ0v) is 11.4. The second kappa shape index (κ2) is 9.04. The Morgan fingerprint density at radius 1 is 0.938 bits per heavy atom. The summed E-state index contributed by atoms with van der Waals surface area (Å²) in [5.74, 6) is 0.973. The molecule has 2 unspecified atom stereocenters. The van der Waals surface area contributed by atoms with E-state index in [-0.39, 0.29) is 0 Å². The molecule has 0 aliphatic heterocycles. The van der Waals surface area contributed by atoms with Gasteiger partial charge in [0.25, 0.3) is 0 Å². The second-order valence-corrected chi connectivity index (χ2v) is 5.45. The fraction of sp³-hybridized carbons (Fsp3) is 1.00. The monoisotopic (exact) mass is 225 g/mol. The third-order valence-electron chi connectivity index (χ3n) is 3.99. The van der Waals surface area contributed by atoms with Crippen LogP contribution >= 0.6 is 0 Å². The fourth-order valence-electron chi connectivity index (χ4n) is 2.98. The summed E-state index contributed by atoms with van der Waals surface area (Å²) in [7, 11) is 0. The Morgan fingerprint density at radius 2 is 1.75 bits per heavy atom. The van der Waals surface area contributed by atoms with Crippen LogP contribution in [0.4, 0.5) is 0 Å². The highest BCUT2D eigenvalue weighted by Gasteiger charge is 2.22. The first-order chi connectivity index (χ1) is 7.88. The number of hydrogen-bond donors (Lipinski definition) is 1. The van der Waals surface area contributed by atoms with Crippen molar-refractivity contribution >= 4 is 0 Å². The van der Waals surface area contributed by atoms with E-state index in [1.165, 1.54) is 70.8 Å². The van der Waals surface area contributed by atoms with E-state index < -0.39 is 0 Å². The lowest BCUT2D eigenvalue weighted by Crippen LogP contribution is -2.36. The Kier molecular flexibility index (Phi) is 7.92. The Bertz CT molecular complexity index is 156. The van der Waals surface area contributed by atoms with Gasteiger partial charge in [-0.05, 0) is 38.1 Å². The summed E-state index contributed by atoms with van der Waals surface area (Å²) in [6, 6.07) is 0.833. The number of nitrogens with one attached hydrogen (secondary N) is 1. The molecule has 0 aromatic rings. The Hall–Kier alpha value is -0.0400. The summed E-state index contributed by atoms with van der Waals surface area (Å²) in [6.07, 6.45) is 14.3. The van der Waals surface area contributed by atoms with E-state index in [0.717, 1.165) is 12.0 Å². The molecule has 1 fully saturated rings. The molecule has 1 nitrogen and oxygen atoms in total. The van der Waals surface area contributed by atoms with E-state index in [0.29, 0.717) is 0 Å². The minimum Gasteiger partial charge on any atom is -0.314 e. The largest absolute Gasteiger partial charge is 0.314 e. The first-order valence-corrected chi connectivity index (χ1v) is 7.61. The highest BCUT2D eigenvalue weighted by Crippen LogP contribution is 2.27. The Morgan fingerprint density at radius 3 is 2.50 bits per heavy atom. The van der Waals surface area contributed by atoms with E-state index in [4.69, 9.17) is 0 Å². The normalized spacial score (nSPS) is 26.6. The van der Waals surface area contributed by atoms with Gasteiger partial charge in [-0.3, -0.25) is 0 Å². The second-order valence-electron chi connectivity index (χ2n) is 5.45. The number of rotatable bonds is 7. The first-order valence-electron chi connectivity index (χ1n) is 7.61. The van der Waals surface area contributed by atoms with Crippen molar-refractivity contribution in [2.75, 3.05) is 6.54 Å². The van der Waals surface area contributed by atoms with E-state index in [1.54, 1.807) is 0 Å². The highest BCUT2D eigenvalue weighted by atomic mass is 14.9. The average molecular weight is 225 g/mol. The highest BCUT2D eigenvalue weighted by molar-refractivity contribution is 4.79. The average Bonchev–Trinajstić information content (AvgIpc) is 2.52. The van der Waals surface area contributed by atoms with Gasteiger partial charge in [0, 0.05) is 6.04 Å². The van der Waals surface area contributed by atoms with Gasteiger partial charge in [-0.2, -0.15) is 0 Å². The van der Waals surface area contributed by atoms with Gasteiger partial charge >= 0.3 is 0 Å². The molecular weight excluding hydrogens is 194 g/mol. The van der Waals surface area contributed by atoms with Crippen molar-refractivity contribution in [3.05, 3.63) is 0 Å². The van der Waals surface area contributed by atoms with Crippen molar-refractivity contribution in [1.82, 2.24) is 5.32 Å². The molecule has 2 atom stereocenters. The van der Waals surface area contributed by atoms with E-state index in [2.05, 4.69) is 19.2 Å². The predicted molar refractivity (Wildman–Crippen MR) is 72.8 cm³/mol. The molecule has 0 amide bonds. The van der Waals surface area contributed by atoms with Gasteiger partial charge in [0.1, 0.15) is 0 Å². The van der Waals surface area contributed by atoms with Gasteiger partial charge in [-0.25, -0.2) is 0 Å². The first kappa shape index (κ1) is 14.0. The molecular formula is C15H31N. The van der Waals surface area contributed by atoms with E-state index >= 15 is 0 Å². The summed E-state index contributed by atoms with van der Waals surface area (Å²) in [5, 5.41) is 3.79. The van der Waals surface area contributed by atoms with Crippen LogP contribution in [0.1, 0.15) is 78.1 Å². The van der Waals surface area contributed by atoms with Crippen molar-refractivity contribution in [3.63, 3.8) is 0 Å². The van der Waals surface area contributed by atoms with E-state index in [1.807, 2.05) is 0 Å². The minimum absolute atomic E-state index is 0.833. The van der Waals surface area contributed by atoms with Crippen LogP contribution in [0.3, 0.4) is 0 Å². The van der Waals surface area contributed by atoms with Crippen LogP contribution in [0.25, 0.3) is 0 Å². The van der Waals surface area contributed by atoms with Crippen LogP contribution in [-0.2, 0) is 0 Å². The van der Waals surface area contributed by atoms with Crippen LogP contribution in [0.15, 0.2) is 0 Å². The molecule has 96 valence electrons. The van der Waals surface area contributed by atoms with Crippen LogP contribution in [0.2, 0.25) is 0 Å².